The number of carbonyl (C=O) groups is 1. The van der Waals surface area contributed by atoms with Crippen molar-refractivity contribution >= 4 is 11.7 Å². The molecule has 2 aliphatic rings. The number of aromatic nitrogens is 1. The summed E-state index contributed by atoms with van der Waals surface area (Å²) in [6, 6.07) is 3.99. The van der Waals surface area contributed by atoms with Gasteiger partial charge in [0, 0.05) is 37.8 Å². The van der Waals surface area contributed by atoms with Crippen molar-refractivity contribution in [2.24, 2.45) is 5.92 Å². The van der Waals surface area contributed by atoms with Crippen LogP contribution >= 0.6 is 0 Å². The van der Waals surface area contributed by atoms with Crippen molar-refractivity contribution in [3.63, 3.8) is 0 Å². The van der Waals surface area contributed by atoms with E-state index in [9.17, 15) is 4.79 Å². The number of pyridine rings is 1. The van der Waals surface area contributed by atoms with Gasteiger partial charge in [-0.05, 0) is 18.4 Å². The molecule has 2 fully saturated rings. The molecule has 0 spiro atoms. The molecule has 1 aliphatic carbocycles. The molecule has 0 radical (unpaired) electrons. The Morgan fingerprint density at radius 2 is 2.04 bits per heavy atom. The Kier molecular flexibility index (Phi) is 6.47. The number of hydrogen-bond donors (Lipinski definition) is 1. The molecule has 1 aromatic rings. The third kappa shape index (κ3) is 4.94. The first-order valence-electron chi connectivity index (χ1n) is 9.36. The van der Waals surface area contributed by atoms with E-state index in [1.54, 1.807) is 0 Å². The van der Waals surface area contributed by atoms with E-state index in [0.29, 0.717) is 13.0 Å². The zero-order chi connectivity index (χ0) is 16.6. The van der Waals surface area contributed by atoms with Gasteiger partial charge in [0.2, 0.25) is 5.91 Å². The van der Waals surface area contributed by atoms with Crippen LogP contribution in [0.4, 0.5) is 5.82 Å². The van der Waals surface area contributed by atoms with Gasteiger partial charge in [0.1, 0.15) is 5.82 Å². The van der Waals surface area contributed by atoms with Crippen molar-refractivity contribution in [3.8, 4) is 0 Å². The van der Waals surface area contributed by atoms with E-state index in [0.717, 1.165) is 50.0 Å². The molecule has 1 aromatic heterocycles. The summed E-state index contributed by atoms with van der Waals surface area (Å²) < 4.78 is 5.41. The molecule has 132 valence electrons. The lowest BCUT2D eigenvalue weighted by Crippen LogP contribution is -2.37. The smallest absolute Gasteiger partial charge is 0.220 e. The number of nitrogens with zero attached hydrogens (tertiary/aromatic N) is 2. The first-order valence-corrected chi connectivity index (χ1v) is 9.36. The number of rotatable bonds is 6. The van der Waals surface area contributed by atoms with Crippen molar-refractivity contribution < 1.29 is 9.53 Å². The van der Waals surface area contributed by atoms with E-state index in [4.69, 9.17) is 4.74 Å². The van der Waals surface area contributed by atoms with Crippen LogP contribution in [0.5, 0.6) is 0 Å². The summed E-state index contributed by atoms with van der Waals surface area (Å²) in [4.78, 5) is 18.9. The summed E-state index contributed by atoms with van der Waals surface area (Å²) in [6.07, 6.45) is 10.2. The molecule has 5 nitrogen and oxygen atoms in total. The topological polar surface area (TPSA) is 54.5 Å². The molecule has 24 heavy (non-hydrogen) atoms. The minimum Gasteiger partial charge on any atom is -0.378 e. The molecular weight excluding hydrogens is 302 g/mol. The number of ether oxygens (including phenoxy) is 1. The van der Waals surface area contributed by atoms with Crippen molar-refractivity contribution in [1.82, 2.24) is 10.3 Å². The Balaban J connectivity index is 1.47. The number of morpholine rings is 1. The van der Waals surface area contributed by atoms with Crippen LogP contribution in [0.1, 0.15) is 50.5 Å². The minimum atomic E-state index is 0.164. The molecule has 3 rings (SSSR count). The molecule has 1 saturated heterocycles. The lowest BCUT2D eigenvalue weighted by Gasteiger charge is -2.29. The molecule has 0 bridgehead atoms. The lowest BCUT2D eigenvalue weighted by molar-refractivity contribution is -0.121. The molecule has 1 saturated carbocycles. The summed E-state index contributed by atoms with van der Waals surface area (Å²) in [6.45, 7) is 3.76. The lowest BCUT2D eigenvalue weighted by atomic mass is 9.86. The van der Waals surface area contributed by atoms with Crippen molar-refractivity contribution in [1.29, 1.82) is 0 Å². The maximum Gasteiger partial charge on any atom is 0.220 e. The normalized spacial score (nSPS) is 19.2. The van der Waals surface area contributed by atoms with Gasteiger partial charge < -0.3 is 15.0 Å². The standard InChI is InChI=1S/C19H29N3O2/c23-18(9-8-16-5-2-1-3-6-16)21-15-17-7-4-10-20-19(17)22-11-13-24-14-12-22/h4,7,10,16H,1-3,5-6,8-9,11-15H2,(H,21,23). The summed E-state index contributed by atoms with van der Waals surface area (Å²) in [7, 11) is 0. The molecule has 1 N–H and O–H groups in total. The molecule has 5 heteroatoms. The minimum absolute atomic E-state index is 0.164. The number of carbonyl (C=O) groups excluding carboxylic acids is 1. The van der Waals surface area contributed by atoms with Crippen LogP contribution in [-0.2, 0) is 16.1 Å². The number of amides is 1. The highest BCUT2D eigenvalue weighted by Crippen LogP contribution is 2.27. The molecule has 2 heterocycles. The highest BCUT2D eigenvalue weighted by atomic mass is 16.5. The van der Waals surface area contributed by atoms with Crippen LogP contribution in [0.3, 0.4) is 0 Å². The fraction of sp³-hybridized carbons (Fsp3) is 0.684. The second kappa shape index (κ2) is 9.02. The molecule has 1 amide bonds. The van der Waals surface area contributed by atoms with Gasteiger partial charge in [-0.2, -0.15) is 0 Å². The maximum absolute atomic E-state index is 12.2. The van der Waals surface area contributed by atoms with Crippen molar-refractivity contribution in [2.45, 2.75) is 51.5 Å². The zero-order valence-electron chi connectivity index (χ0n) is 14.5. The first kappa shape index (κ1) is 17.2. The van der Waals surface area contributed by atoms with Crippen molar-refractivity contribution in [2.75, 3.05) is 31.2 Å². The number of anilines is 1. The van der Waals surface area contributed by atoms with E-state index < -0.39 is 0 Å². The summed E-state index contributed by atoms with van der Waals surface area (Å²) in [5, 5.41) is 3.08. The first-order chi connectivity index (χ1) is 11.8. The van der Waals surface area contributed by atoms with Crippen LogP contribution in [0.2, 0.25) is 0 Å². The molecule has 1 aliphatic heterocycles. The van der Waals surface area contributed by atoms with Crippen LogP contribution in [-0.4, -0.2) is 37.2 Å². The van der Waals surface area contributed by atoms with Gasteiger partial charge in [0.15, 0.2) is 0 Å². The highest BCUT2D eigenvalue weighted by molar-refractivity contribution is 5.76. The monoisotopic (exact) mass is 331 g/mol. The summed E-state index contributed by atoms with van der Waals surface area (Å²) >= 11 is 0. The van der Waals surface area contributed by atoms with Gasteiger partial charge in [0.25, 0.3) is 0 Å². The van der Waals surface area contributed by atoms with E-state index >= 15 is 0 Å². The Morgan fingerprint density at radius 3 is 2.83 bits per heavy atom. The maximum atomic E-state index is 12.2. The molecule has 0 aromatic carbocycles. The van der Waals surface area contributed by atoms with Crippen LogP contribution < -0.4 is 10.2 Å². The molecule has 0 unspecified atom stereocenters. The predicted octanol–water partition coefficient (Wildman–Crippen LogP) is 2.89. The Bertz CT molecular complexity index is 523. The van der Waals surface area contributed by atoms with E-state index in [-0.39, 0.29) is 5.91 Å². The van der Waals surface area contributed by atoms with Gasteiger partial charge in [-0.3, -0.25) is 4.79 Å². The van der Waals surface area contributed by atoms with Gasteiger partial charge in [-0.15, -0.1) is 0 Å². The largest absolute Gasteiger partial charge is 0.378 e. The third-order valence-electron chi connectivity index (χ3n) is 5.16. The Hall–Kier alpha value is -1.62. The van der Waals surface area contributed by atoms with E-state index in [1.807, 2.05) is 12.3 Å². The molecule has 0 atom stereocenters. The highest BCUT2D eigenvalue weighted by Gasteiger charge is 2.17. The van der Waals surface area contributed by atoms with Crippen molar-refractivity contribution in [3.05, 3.63) is 23.9 Å². The predicted molar refractivity (Wildman–Crippen MR) is 94.9 cm³/mol. The number of nitrogens with one attached hydrogen (secondary N) is 1. The summed E-state index contributed by atoms with van der Waals surface area (Å²) in [5.41, 5.74) is 1.09. The van der Waals surface area contributed by atoms with E-state index in [1.165, 1.54) is 32.1 Å². The van der Waals surface area contributed by atoms with Crippen LogP contribution in [0.25, 0.3) is 0 Å². The second-order valence-electron chi connectivity index (χ2n) is 6.90. The second-order valence-corrected chi connectivity index (χ2v) is 6.90. The quantitative estimate of drug-likeness (QED) is 0.871. The average Bonchev–Trinajstić information content (AvgIpc) is 2.66. The third-order valence-corrected chi connectivity index (χ3v) is 5.16. The van der Waals surface area contributed by atoms with Gasteiger partial charge >= 0.3 is 0 Å². The fourth-order valence-electron chi connectivity index (χ4n) is 3.72. The van der Waals surface area contributed by atoms with Gasteiger partial charge in [-0.25, -0.2) is 4.98 Å². The number of hydrogen-bond acceptors (Lipinski definition) is 4. The SMILES string of the molecule is O=C(CCC1CCCCC1)NCc1cccnc1N1CCOCC1. The van der Waals surface area contributed by atoms with E-state index in [2.05, 4.69) is 21.3 Å². The van der Waals surface area contributed by atoms with Gasteiger partial charge in [-0.1, -0.05) is 38.2 Å². The fourth-order valence-corrected chi connectivity index (χ4v) is 3.72. The Labute approximate surface area is 144 Å². The molecular formula is C19H29N3O2. The average molecular weight is 331 g/mol. The van der Waals surface area contributed by atoms with Crippen LogP contribution in [0, 0.1) is 5.92 Å². The van der Waals surface area contributed by atoms with Gasteiger partial charge in [0.05, 0.1) is 13.2 Å². The Morgan fingerprint density at radius 1 is 1.25 bits per heavy atom. The zero-order valence-corrected chi connectivity index (χ0v) is 14.5. The van der Waals surface area contributed by atoms with Crippen LogP contribution in [0.15, 0.2) is 18.3 Å². The summed E-state index contributed by atoms with van der Waals surface area (Å²) in [5.74, 6) is 1.90.